The number of halogens is 1. The summed E-state index contributed by atoms with van der Waals surface area (Å²) in [6.45, 7) is 3.66. The molecule has 2 rings (SSSR count). The van der Waals surface area contributed by atoms with Gasteiger partial charge in [0.15, 0.2) is 0 Å². The minimum absolute atomic E-state index is 0. The highest BCUT2D eigenvalue weighted by Gasteiger charge is 2.12. The molecule has 0 amide bonds. The molecule has 0 unspecified atom stereocenters. The lowest BCUT2D eigenvalue weighted by molar-refractivity contribution is 0.0744. The van der Waals surface area contributed by atoms with Crippen LogP contribution in [0.25, 0.3) is 0 Å². The van der Waals surface area contributed by atoms with Gasteiger partial charge in [0.1, 0.15) is 5.69 Å². The number of rotatable bonds is 4. The van der Waals surface area contributed by atoms with Crippen LogP contribution >= 0.6 is 12.4 Å². The topological polar surface area (TPSA) is 62.8 Å². The van der Waals surface area contributed by atoms with Crippen molar-refractivity contribution in [2.75, 3.05) is 19.7 Å². The molecule has 6 heteroatoms. The first kappa shape index (κ1) is 12.4. The van der Waals surface area contributed by atoms with Crippen LogP contribution in [0.5, 0.6) is 0 Å². The van der Waals surface area contributed by atoms with E-state index >= 15 is 0 Å². The molecule has 0 aromatic carbocycles. The Balaban J connectivity index is 0.00000112. The molecular weight excluding hydrogens is 216 g/mol. The first-order valence-electron chi connectivity index (χ1n) is 5.09. The molecule has 0 bridgehead atoms. The number of hydrogen-bond donors (Lipinski definition) is 2. The van der Waals surface area contributed by atoms with Gasteiger partial charge in [0.05, 0.1) is 13.2 Å². The van der Waals surface area contributed by atoms with Crippen molar-refractivity contribution < 1.29 is 4.74 Å². The summed E-state index contributed by atoms with van der Waals surface area (Å²) in [5.41, 5.74) is 0.874. The first-order chi connectivity index (χ1) is 6.95. The van der Waals surface area contributed by atoms with Gasteiger partial charge < -0.3 is 10.1 Å². The zero-order valence-electron chi connectivity index (χ0n) is 8.61. The summed E-state index contributed by atoms with van der Waals surface area (Å²) in [7, 11) is 0. The van der Waals surface area contributed by atoms with E-state index in [0.717, 1.165) is 25.4 Å². The second kappa shape index (κ2) is 6.76. The van der Waals surface area contributed by atoms with Crippen molar-refractivity contribution in [1.29, 1.82) is 0 Å². The Kier molecular flexibility index (Phi) is 5.60. The highest BCUT2D eigenvalue weighted by atomic mass is 35.5. The predicted octanol–water partition coefficient (Wildman–Crippen LogP) is 0.743. The van der Waals surface area contributed by atoms with Gasteiger partial charge in [0, 0.05) is 6.20 Å². The highest BCUT2D eigenvalue weighted by Crippen LogP contribution is 2.12. The van der Waals surface area contributed by atoms with E-state index in [9.17, 15) is 0 Å². The average molecular weight is 233 g/mol. The minimum Gasteiger partial charge on any atom is -0.375 e. The van der Waals surface area contributed by atoms with Gasteiger partial charge in [0.25, 0.3) is 0 Å². The van der Waals surface area contributed by atoms with E-state index in [1.807, 2.05) is 0 Å². The number of aromatic nitrogens is 3. The summed E-state index contributed by atoms with van der Waals surface area (Å²) < 4.78 is 5.57. The molecule has 0 aliphatic carbocycles. The van der Waals surface area contributed by atoms with Gasteiger partial charge in [-0.2, -0.15) is 0 Å². The fraction of sp³-hybridized carbons (Fsp3) is 0.778. The van der Waals surface area contributed by atoms with E-state index in [1.165, 1.54) is 12.8 Å². The summed E-state index contributed by atoms with van der Waals surface area (Å²) in [5, 5.41) is 13.5. The molecule has 0 radical (unpaired) electrons. The van der Waals surface area contributed by atoms with Crippen molar-refractivity contribution in [2.45, 2.75) is 19.4 Å². The molecule has 1 aromatic rings. The molecule has 2 N–H and O–H groups in total. The minimum atomic E-state index is 0. The van der Waals surface area contributed by atoms with Crippen LogP contribution < -0.4 is 5.32 Å². The summed E-state index contributed by atoms with van der Waals surface area (Å²) >= 11 is 0. The number of ether oxygens (including phenoxy) is 1. The summed E-state index contributed by atoms with van der Waals surface area (Å²) in [5.74, 6) is 0.711. The molecular formula is C9H17ClN4O. The molecule has 0 spiro atoms. The van der Waals surface area contributed by atoms with Crippen LogP contribution in [0.3, 0.4) is 0 Å². The number of nitrogens with zero attached hydrogens (tertiary/aromatic N) is 2. The second-order valence-corrected chi connectivity index (χ2v) is 3.67. The van der Waals surface area contributed by atoms with E-state index in [1.54, 1.807) is 6.20 Å². The van der Waals surface area contributed by atoms with Crippen molar-refractivity contribution >= 4 is 12.4 Å². The Bertz CT molecular complexity index is 249. The first-order valence-corrected chi connectivity index (χ1v) is 5.09. The third-order valence-electron chi connectivity index (χ3n) is 2.53. The number of piperidine rings is 1. The number of aromatic amines is 1. The lowest BCUT2D eigenvalue weighted by Gasteiger charge is -2.21. The zero-order valence-corrected chi connectivity index (χ0v) is 9.42. The molecule has 2 heterocycles. The molecule has 1 aliphatic heterocycles. The Hall–Kier alpha value is -0.650. The normalized spacial score (nSPS) is 17.3. The van der Waals surface area contributed by atoms with Gasteiger partial charge >= 0.3 is 0 Å². The maximum Gasteiger partial charge on any atom is 0.108 e. The predicted molar refractivity (Wildman–Crippen MR) is 58.9 cm³/mol. The van der Waals surface area contributed by atoms with Crippen LogP contribution in [-0.2, 0) is 11.3 Å². The maximum absolute atomic E-state index is 5.57. The van der Waals surface area contributed by atoms with Gasteiger partial charge in [-0.1, -0.05) is 5.21 Å². The van der Waals surface area contributed by atoms with E-state index in [2.05, 4.69) is 20.7 Å². The van der Waals surface area contributed by atoms with E-state index in [4.69, 9.17) is 4.74 Å². The average Bonchev–Trinajstić information content (AvgIpc) is 2.72. The van der Waals surface area contributed by atoms with Crippen molar-refractivity contribution in [1.82, 2.24) is 20.7 Å². The molecule has 0 atom stereocenters. The van der Waals surface area contributed by atoms with Crippen molar-refractivity contribution in [3.63, 3.8) is 0 Å². The van der Waals surface area contributed by atoms with Crippen LogP contribution in [0, 0.1) is 5.92 Å². The summed E-state index contributed by atoms with van der Waals surface area (Å²) in [4.78, 5) is 0. The molecule has 1 aromatic heterocycles. The molecule has 5 nitrogen and oxygen atoms in total. The molecule has 1 fully saturated rings. The fourth-order valence-corrected chi connectivity index (χ4v) is 1.67. The number of hydrogen-bond acceptors (Lipinski definition) is 4. The largest absolute Gasteiger partial charge is 0.375 e. The lowest BCUT2D eigenvalue weighted by atomic mass is 9.99. The third-order valence-corrected chi connectivity index (χ3v) is 2.53. The molecule has 1 aliphatic rings. The zero-order chi connectivity index (χ0) is 9.64. The molecule has 1 saturated heterocycles. The van der Waals surface area contributed by atoms with Crippen molar-refractivity contribution in [2.24, 2.45) is 5.92 Å². The standard InChI is InChI=1S/C9H16N4O.ClH/c1-3-10-4-2-8(1)6-14-7-9-5-11-13-12-9;/h5,8,10H,1-4,6-7H2,(H,11,12,13);1H. The SMILES string of the molecule is Cl.c1[nH]nnc1COCC1CCNCC1. The second-order valence-electron chi connectivity index (χ2n) is 3.67. The third kappa shape index (κ3) is 4.15. The van der Waals surface area contributed by atoms with E-state index in [0.29, 0.717) is 12.5 Å². The maximum atomic E-state index is 5.57. The van der Waals surface area contributed by atoms with E-state index < -0.39 is 0 Å². The Labute approximate surface area is 95.4 Å². The monoisotopic (exact) mass is 232 g/mol. The smallest absolute Gasteiger partial charge is 0.108 e. The molecule has 15 heavy (non-hydrogen) atoms. The number of H-pyrrole nitrogens is 1. The van der Waals surface area contributed by atoms with Crippen molar-refractivity contribution in [3.05, 3.63) is 11.9 Å². The van der Waals surface area contributed by atoms with Crippen LogP contribution in [-0.4, -0.2) is 35.1 Å². The van der Waals surface area contributed by atoms with Crippen LogP contribution in [0.1, 0.15) is 18.5 Å². The van der Waals surface area contributed by atoms with Crippen molar-refractivity contribution in [3.8, 4) is 0 Å². The summed E-state index contributed by atoms with van der Waals surface area (Å²) in [6.07, 6.45) is 4.21. The Morgan fingerprint density at radius 1 is 1.40 bits per heavy atom. The van der Waals surface area contributed by atoms with Crippen LogP contribution in [0.4, 0.5) is 0 Å². The summed E-state index contributed by atoms with van der Waals surface area (Å²) in [6, 6.07) is 0. The molecule has 86 valence electrons. The van der Waals surface area contributed by atoms with Gasteiger partial charge in [-0.15, -0.1) is 17.5 Å². The molecule has 0 saturated carbocycles. The van der Waals surface area contributed by atoms with Gasteiger partial charge in [-0.05, 0) is 31.8 Å². The van der Waals surface area contributed by atoms with Gasteiger partial charge in [0.2, 0.25) is 0 Å². The van der Waals surface area contributed by atoms with Crippen LogP contribution in [0.2, 0.25) is 0 Å². The Morgan fingerprint density at radius 3 is 2.87 bits per heavy atom. The quantitative estimate of drug-likeness (QED) is 0.804. The fourth-order valence-electron chi connectivity index (χ4n) is 1.67. The van der Waals surface area contributed by atoms with Gasteiger partial charge in [-0.3, -0.25) is 5.10 Å². The van der Waals surface area contributed by atoms with Gasteiger partial charge in [-0.25, -0.2) is 0 Å². The number of nitrogens with one attached hydrogen (secondary N) is 2. The lowest BCUT2D eigenvalue weighted by Crippen LogP contribution is -2.29. The van der Waals surface area contributed by atoms with Crippen LogP contribution in [0.15, 0.2) is 6.20 Å². The Morgan fingerprint density at radius 2 is 2.20 bits per heavy atom. The highest BCUT2D eigenvalue weighted by molar-refractivity contribution is 5.85. The van der Waals surface area contributed by atoms with E-state index in [-0.39, 0.29) is 12.4 Å².